The molecule has 102 valence electrons. The Morgan fingerprint density at radius 1 is 1.15 bits per heavy atom. The number of hydrogen-bond acceptors (Lipinski definition) is 4. The third-order valence-corrected chi connectivity index (χ3v) is 3.34. The molecule has 1 aliphatic carbocycles. The van der Waals surface area contributed by atoms with Crippen molar-refractivity contribution >= 4 is 29.1 Å². The summed E-state index contributed by atoms with van der Waals surface area (Å²) in [6.45, 7) is 1.49. The van der Waals surface area contributed by atoms with Crippen molar-refractivity contribution in [3.63, 3.8) is 0 Å². The van der Waals surface area contributed by atoms with E-state index in [4.69, 9.17) is 11.6 Å². The molecule has 0 unspecified atom stereocenters. The zero-order valence-electron chi connectivity index (χ0n) is 10.9. The van der Waals surface area contributed by atoms with Crippen LogP contribution in [-0.2, 0) is 9.53 Å². The van der Waals surface area contributed by atoms with E-state index in [1.165, 1.54) is 20.1 Å². The van der Waals surface area contributed by atoms with E-state index in [-0.39, 0.29) is 33.1 Å². The zero-order valence-corrected chi connectivity index (χ0v) is 11.7. The number of halogens is 1. The average molecular weight is 291 g/mol. The Bertz CT molecular complexity index is 683. The molecule has 1 aromatic carbocycles. The van der Waals surface area contributed by atoms with Crippen LogP contribution in [0.15, 0.2) is 46.5 Å². The van der Waals surface area contributed by atoms with E-state index < -0.39 is 11.8 Å². The van der Waals surface area contributed by atoms with Crippen molar-refractivity contribution in [2.45, 2.75) is 6.92 Å². The van der Waals surface area contributed by atoms with Crippen LogP contribution in [0.5, 0.6) is 0 Å². The molecular weight excluding hydrogens is 280 g/mol. The lowest BCUT2D eigenvalue weighted by atomic mass is 9.88. The highest BCUT2D eigenvalue weighted by Crippen LogP contribution is 2.29. The Balaban J connectivity index is 2.56. The number of carbonyl (C=O) groups is 3. The second-order valence-electron chi connectivity index (χ2n) is 4.25. The third-order valence-electron chi connectivity index (χ3n) is 2.96. The molecule has 0 fully saturated rings. The second-order valence-corrected chi connectivity index (χ2v) is 4.63. The first kappa shape index (κ1) is 14.2. The lowest BCUT2D eigenvalue weighted by Gasteiger charge is -2.15. The third kappa shape index (κ3) is 2.30. The number of fused-ring (bicyclic) bond motifs is 1. The number of methoxy groups -OCH3 is 1. The first-order valence-corrected chi connectivity index (χ1v) is 6.20. The molecule has 2 rings (SSSR count). The van der Waals surface area contributed by atoms with Crippen molar-refractivity contribution < 1.29 is 19.1 Å². The van der Waals surface area contributed by atoms with Crippen LogP contribution >= 0.6 is 11.6 Å². The molecule has 1 aliphatic rings. The number of carbonyl (C=O) groups excluding carboxylic acids is 3. The summed E-state index contributed by atoms with van der Waals surface area (Å²) in [4.78, 5) is 35.8. The van der Waals surface area contributed by atoms with Gasteiger partial charge in [-0.25, -0.2) is 4.79 Å². The van der Waals surface area contributed by atoms with Gasteiger partial charge in [0.25, 0.3) is 0 Å². The number of rotatable bonds is 2. The number of ketones is 2. The Kier molecular flexibility index (Phi) is 3.86. The summed E-state index contributed by atoms with van der Waals surface area (Å²) < 4.78 is 4.55. The first-order valence-electron chi connectivity index (χ1n) is 5.82. The van der Waals surface area contributed by atoms with Crippen LogP contribution in [-0.4, -0.2) is 24.6 Å². The predicted octanol–water partition coefficient (Wildman–Crippen LogP) is 2.68. The fourth-order valence-electron chi connectivity index (χ4n) is 1.93. The van der Waals surface area contributed by atoms with Crippen LogP contribution in [0.4, 0.5) is 0 Å². The maximum absolute atomic E-state index is 12.3. The highest BCUT2D eigenvalue weighted by Gasteiger charge is 2.30. The van der Waals surface area contributed by atoms with Gasteiger partial charge in [0.1, 0.15) is 0 Å². The van der Waals surface area contributed by atoms with Crippen LogP contribution in [0.2, 0.25) is 0 Å². The molecule has 4 nitrogen and oxygen atoms in total. The van der Waals surface area contributed by atoms with Crippen molar-refractivity contribution in [2.24, 2.45) is 0 Å². The van der Waals surface area contributed by atoms with Gasteiger partial charge in [-0.05, 0) is 13.0 Å². The maximum atomic E-state index is 12.3. The summed E-state index contributed by atoms with van der Waals surface area (Å²) in [5, 5.41) is -0.183. The summed E-state index contributed by atoms with van der Waals surface area (Å²) in [5.74, 6) is -1.39. The van der Waals surface area contributed by atoms with Gasteiger partial charge in [0, 0.05) is 22.3 Å². The number of allylic oxidation sites excluding steroid dienone is 3. The quantitative estimate of drug-likeness (QED) is 0.620. The van der Waals surface area contributed by atoms with E-state index in [9.17, 15) is 14.4 Å². The molecule has 0 spiro atoms. The Hall–Kier alpha value is -2.20. The highest BCUT2D eigenvalue weighted by atomic mass is 35.5. The minimum absolute atomic E-state index is 0.0123. The van der Waals surface area contributed by atoms with Gasteiger partial charge in [0.15, 0.2) is 5.78 Å². The zero-order chi connectivity index (χ0) is 14.9. The van der Waals surface area contributed by atoms with Crippen LogP contribution < -0.4 is 0 Å². The highest BCUT2D eigenvalue weighted by molar-refractivity contribution is 6.50. The fourth-order valence-corrected chi connectivity index (χ4v) is 2.17. The molecule has 0 heterocycles. The molecule has 0 saturated heterocycles. The molecular formula is C15H11ClO4. The lowest BCUT2D eigenvalue weighted by Crippen LogP contribution is -2.19. The molecule has 0 amide bonds. The first-order chi connectivity index (χ1) is 9.47. The summed E-state index contributed by atoms with van der Waals surface area (Å²) in [7, 11) is 1.23. The van der Waals surface area contributed by atoms with Gasteiger partial charge in [-0.3, -0.25) is 9.59 Å². The standard InChI is InChI=1S/C15H11ClO4/c1-8(15(19)20-2)7-11-12(16)14(18)10-6-4-3-5-9(10)13(11)17/h3-7H,1-2H3. The van der Waals surface area contributed by atoms with E-state index in [0.29, 0.717) is 0 Å². The van der Waals surface area contributed by atoms with Crippen LogP contribution in [0.3, 0.4) is 0 Å². The van der Waals surface area contributed by atoms with Crippen molar-refractivity contribution in [1.82, 2.24) is 0 Å². The van der Waals surface area contributed by atoms with Crippen molar-refractivity contribution in [3.8, 4) is 0 Å². The molecule has 0 aliphatic heterocycles. The minimum Gasteiger partial charge on any atom is -0.466 e. The minimum atomic E-state index is -0.582. The van der Waals surface area contributed by atoms with Gasteiger partial charge in [-0.1, -0.05) is 35.9 Å². The van der Waals surface area contributed by atoms with E-state index >= 15 is 0 Å². The molecule has 0 bridgehead atoms. The van der Waals surface area contributed by atoms with Crippen LogP contribution in [0.1, 0.15) is 27.6 Å². The van der Waals surface area contributed by atoms with Gasteiger partial charge < -0.3 is 4.74 Å². The van der Waals surface area contributed by atoms with Gasteiger partial charge >= 0.3 is 5.97 Å². The molecule has 0 aromatic heterocycles. The molecule has 0 saturated carbocycles. The smallest absolute Gasteiger partial charge is 0.333 e. The number of ether oxygens (including phenoxy) is 1. The van der Waals surface area contributed by atoms with E-state index in [1.54, 1.807) is 24.3 Å². The topological polar surface area (TPSA) is 60.4 Å². The van der Waals surface area contributed by atoms with E-state index in [1.807, 2.05) is 0 Å². The summed E-state index contributed by atoms with van der Waals surface area (Å²) in [6.07, 6.45) is 1.28. The van der Waals surface area contributed by atoms with Crippen LogP contribution in [0.25, 0.3) is 0 Å². The number of hydrogen-bond donors (Lipinski definition) is 0. The summed E-state index contributed by atoms with van der Waals surface area (Å²) in [6, 6.07) is 6.43. The summed E-state index contributed by atoms with van der Waals surface area (Å²) in [5.41, 5.74) is 0.764. The number of Topliss-reactive ketones (excluding diaryl/α,β-unsaturated/α-hetero) is 2. The van der Waals surface area contributed by atoms with Gasteiger partial charge in [-0.2, -0.15) is 0 Å². The molecule has 5 heteroatoms. The largest absolute Gasteiger partial charge is 0.466 e. The number of benzene rings is 1. The monoisotopic (exact) mass is 290 g/mol. The molecule has 20 heavy (non-hydrogen) atoms. The fraction of sp³-hybridized carbons (Fsp3) is 0.133. The van der Waals surface area contributed by atoms with Crippen molar-refractivity contribution in [1.29, 1.82) is 0 Å². The molecule has 0 atom stereocenters. The van der Waals surface area contributed by atoms with Crippen molar-refractivity contribution in [2.75, 3.05) is 7.11 Å². The van der Waals surface area contributed by atoms with Crippen LogP contribution in [0, 0.1) is 0 Å². The van der Waals surface area contributed by atoms with E-state index in [0.717, 1.165) is 0 Å². The Labute approximate surface area is 120 Å². The number of esters is 1. The second kappa shape index (κ2) is 5.43. The SMILES string of the molecule is COC(=O)C(C)=CC1=C(Cl)C(=O)c2ccccc2C1=O. The van der Waals surface area contributed by atoms with Gasteiger partial charge in [0.2, 0.25) is 5.78 Å². The van der Waals surface area contributed by atoms with Crippen molar-refractivity contribution in [3.05, 3.63) is 57.6 Å². The summed E-state index contributed by atoms with van der Waals surface area (Å²) >= 11 is 5.96. The Morgan fingerprint density at radius 3 is 2.25 bits per heavy atom. The predicted molar refractivity (Wildman–Crippen MR) is 73.8 cm³/mol. The van der Waals surface area contributed by atoms with E-state index in [2.05, 4.69) is 4.74 Å². The van der Waals surface area contributed by atoms with Gasteiger partial charge in [0.05, 0.1) is 12.1 Å². The molecule has 0 N–H and O–H groups in total. The molecule has 0 radical (unpaired) electrons. The Morgan fingerprint density at radius 2 is 1.70 bits per heavy atom. The normalized spacial score (nSPS) is 15.2. The van der Waals surface area contributed by atoms with Gasteiger partial charge in [-0.15, -0.1) is 0 Å². The lowest BCUT2D eigenvalue weighted by molar-refractivity contribution is -0.136. The average Bonchev–Trinajstić information content (AvgIpc) is 2.48. The maximum Gasteiger partial charge on any atom is 0.333 e. The molecule has 1 aromatic rings.